The normalized spacial score (nSPS) is 16.8. The molecular formula is C17H17NO3. The monoisotopic (exact) mass is 283 g/mol. The average molecular weight is 283 g/mol. The fraction of sp³-hybridized carbons (Fsp3) is 0.294. The first-order valence-electron chi connectivity index (χ1n) is 6.90. The summed E-state index contributed by atoms with van der Waals surface area (Å²) in [6, 6.07) is 6.68. The third-order valence-corrected chi connectivity index (χ3v) is 3.83. The molecule has 1 aromatic carbocycles. The highest BCUT2D eigenvalue weighted by Gasteiger charge is 2.29. The van der Waals surface area contributed by atoms with E-state index in [0.717, 1.165) is 11.1 Å². The summed E-state index contributed by atoms with van der Waals surface area (Å²) in [6.45, 7) is 4.43. The van der Waals surface area contributed by atoms with Crippen LogP contribution in [0, 0.1) is 0 Å². The molecule has 0 atom stereocenters. The number of carbonyl (C=O) groups is 1. The van der Waals surface area contributed by atoms with Gasteiger partial charge in [-0.05, 0) is 29.8 Å². The van der Waals surface area contributed by atoms with Crippen molar-refractivity contribution in [2.24, 2.45) is 0 Å². The number of aromatic hydroxyl groups is 1. The van der Waals surface area contributed by atoms with Gasteiger partial charge in [-0.15, -0.1) is 0 Å². The molecule has 21 heavy (non-hydrogen) atoms. The van der Waals surface area contributed by atoms with E-state index in [-0.39, 0.29) is 23.4 Å². The molecule has 0 saturated heterocycles. The quantitative estimate of drug-likeness (QED) is 0.807. The molecule has 0 bridgehead atoms. The van der Waals surface area contributed by atoms with Crippen LogP contribution in [0.4, 0.5) is 0 Å². The first-order valence-corrected chi connectivity index (χ1v) is 6.90. The van der Waals surface area contributed by atoms with Crippen LogP contribution in [0.25, 0.3) is 0 Å². The minimum Gasteiger partial charge on any atom is -0.508 e. The van der Waals surface area contributed by atoms with Crippen molar-refractivity contribution in [3.8, 4) is 11.5 Å². The van der Waals surface area contributed by atoms with Crippen molar-refractivity contribution in [3.05, 3.63) is 53.3 Å². The first-order chi connectivity index (χ1) is 9.97. The van der Waals surface area contributed by atoms with Gasteiger partial charge in [0, 0.05) is 35.4 Å². The van der Waals surface area contributed by atoms with E-state index in [4.69, 9.17) is 4.74 Å². The molecule has 1 aliphatic rings. The lowest BCUT2D eigenvalue weighted by atomic mass is 9.81. The number of ether oxygens (including phenoxy) is 1. The van der Waals surface area contributed by atoms with Crippen molar-refractivity contribution in [2.45, 2.75) is 25.7 Å². The van der Waals surface area contributed by atoms with Crippen molar-refractivity contribution in [1.29, 1.82) is 0 Å². The molecule has 1 aromatic heterocycles. The van der Waals surface area contributed by atoms with E-state index in [1.165, 1.54) is 0 Å². The number of phenolic OH excluding ortho intramolecular Hbond substituents is 1. The molecule has 1 aliphatic heterocycles. The van der Waals surface area contributed by atoms with Gasteiger partial charge in [-0.2, -0.15) is 0 Å². The minimum absolute atomic E-state index is 0.0119. The molecule has 2 aromatic rings. The molecule has 0 saturated carbocycles. The lowest BCUT2D eigenvalue weighted by molar-refractivity contribution is 0.0991. The smallest absolute Gasteiger partial charge is 0.167 e. The molecule has 0 aliphatic carbocycles. The van der Waals surface area contributed by atoms with E-state index in [9.17, 15) is 9.90 Å². The van der Waals surface area contributed by atoms with Gasteiger partial charge in [-0.25, -0.2) is 0 Å². The van der Waals surface area contributed by atoms with Crippen LogP contribution in [-0.4, -0.2) is 22.5 Å². The number of Topliss-reactive ketones (excluding diaryl/α,β-unsaturated/α-hetero) is 1. The fourth-order valence-corrected chi connectivity index (χ4v) is 2.63. The summed E-state index contributed by atoms with van der Waals surface area (Å²) in [4.78, 5) is 16.7. The number of aromatic nitrogens is 1. The molecule has 3 rings (SSSR count). The Hall–Kier alpha value is -2.36. The van der Waals surface area contributed by atoms with Gasteiger partial charge in [0.15, 0.2) is 5.78 Å². The van der Waals surface area contributed by atoms with Crippen molar-refractivity contribution in [1.82, 2.24) is 4.98 Å². The second-order valence-electron chi connectivity index (χ2n) is 5.99. The second-order valence-corrected chi connectivity index (χ2v) is 5.99. The first kappa shape index (κ1) is 13.6. The molecule has 2 heterocycles. The molecule has 0 radical (unpaired) electrons. The Morgan fingerprint density at radius 2 is 2.10 bits per heavy atom. The number of benzene rings is 1. The van der Waals surface area contributed by atoms with Gasteiger partial charge in [0.1, 0.15) is 11.5 Å². The SMILES string of the molecule is CC1(C)COc2ccncc2CC(=O)c2ccc(O)cc21. The molecule has 4 nitrogen and oxygen atoms in total. The van der Waals surface area contributed by atoms with Crippen LogP contribution in [-0.2, 0) is 11.8 Å². The lowest BCUT2D eigenvalue weighted by Gasteiger charge is -2.26. The van der Waals surface area contributed by atoms with E-state index in [2.05, 4.69) is 4.98 Å². The number of fused-ring (bicyclic) bond motifs is 2. The predicted molar refractivity (Wildman–Crippen MR) is 78.9 cm³/mol. The third-order valence-electron chi connectivity index (χ3n) is 3.83. The van der Waals surface area contributed by atoms with Gasteiger partial charge >= 0.3 is 0 Å². The van der Waals surface area contributed by atoms with E-state index in [1.807, 2.05) is 13.8 Å². The maximum Gasteiger partial charge on any atom is 0.167 e. The number of hydrogen-bond donors (Lipinski definition) is 1. The van der Waals surface area contributed by atoms with Gasteiger partial charge < -0.3 is 9.84 Å². The number of hydrogen-bond acceptors (Lipinski definition) is 4. The van der Waals surface area contributed by atoms with Crippen molar-refractivity contribution < 1.29 is 14.6 Å². The lowest BCUT2D eigenvalue weighted by Crippen LogP contribution is -2.28. The summed E-state index contributed by atoms with van der Waals surface area (Å²) < 4.78 is 5.89. The summed E-state index contributed by atoms with van der Waals surface area (Å²) in [6.07, 6.45) is 3.58. The number of rotatable bonds is 0. The van der Waals surface area contributed by atoms with Crippen LogP contribution in [0.3, 0.4) is 0 Å². The third kappa shape index (κ3) is 2.49. The number of pyridine rings is 1. The van der Waals surface area contributed by atoms with Crippen LogP contribution >= 0.6 is 0 Å². The summed E-state index contributed by atoms with van der Waals surface area (Å²) in [5.41, 5.74) is 1.86. The number of carbonyl (C=O) groups excluding carboxylic acids is 1. The molecule has 108 valence electrons. The maximum absolute atomic E-state index is 12.6. The van der Waals surface area contributed by atoms with Gasteiger partial charge in [0.2, 0.25) is 0 Å². The Kier molecular flexibility index (Phi) is 3.16. The Balaban J connectivity index is 2.16. The topological polar surface area (TPSA) is 59.4 Å². The highest BCUT2D eigenvalue weighted by molar-refractivity contribution is 5.99. The predicted octanol–water partition coefficient (Wildman–Crippen LogP) is 2.88. The van der Waals surface area contributed by atoms with E-state index < -0.39 is 0 Å². The van der Waals surface area contributed by atoms with E-state index >= 15 is 0 Å². The fourth-order valence-electron chi connectivity index (χ4n) is 2.63. The van der Waals surface area contributed by atoms with Gasteiger partial charge in [-0.1, -0.05) is 13.8 Å². The van der Waals surface area contributed by atoms with Crippen LogP contribution < -0.4 is 4.74 Å². The summed E-state index contributed by atoms with van der Waals surface area (Å²) in [7, 11) is 0. The highest BCUT2D eigenvalue weighted by Crippen LogP contribution is 2.33. The molecule has 0 spiro atoms. The van der Waals surface area contributed by atoms with Gasteiger partial charge in [-0.3, -0.25) is 9.78 Å². The second kappa shape index (κ2) is 4.88. The van der Waals surface area contributed by atoms with E-state index in [0.29, 0.717) is 17.9 Å². The summed E-state index contributed by atoms with van der Waals surface area (Å²) in [5, 5.41) is 9.75. The molecule has 1 N–H and O–H groups in total. The van der Waals surface area contributed by atoms with E-state index in [1.54, 1.807) is 36.7 Å². The van der Waals surface area contributed by atoms with Crippen LogP contribution in [0.1, 0.15) is 35.3 Å². The molecule has 0 fully saturated rings. The van der Waals surface area contributed by atoms with Crippen LogP contribution in [0.15, 0.2) is 36.7 Å². The van der Waals surface area contributed by atoms with Gasteiger partial charge in [0.05, 0.1) is 6.61 Å². The standard InChI is InChI=1S/C17H17NO3/c1-17(2)10-21-16-5-6-18-9-11(16)7-15(20)13-4-3-12(19)8-14(13)17/h3-6,8-9,19H,7,10H2,1-2H3. The minimum atomic E-state index is -0.380. The van der Waals surface area contributed by atoms with Crippen molar-refractivity contribution >= 4 is 5.78 Å². The molecular weight excluding hydrogens is 266 g/mol. The Morgan fingerprint density at radius 3 is 2.90 bits per heavy atom. The zero-order valence-corrected chi connectivity index (χ0v) is 12.1. The Morgan fingerprint density at radius 1 is 1.29 bits per heavy atom. The Labute approximate surface area is 123 Å². The van der Waals surface area contributed by atoms with Crippen molar-refractivity contribution in [2.75, 3.05) is 6.61 Å². The molecule has 4 heteroatoms. The zero-order chi connectivity index (χ0) is 15.0. The molecule has 0 amide bonds. The number of phenols is 1. The zero-order valence-electron chi connectivity index (χ0n) is 12.1. The van der Waals surface area contributed by atoms with Crippen LogP contribution in [0.2, 0.25) is 0 Å². The maximum atomic E-state index is 12.6. The highest BCUT2D eigenvalue weighted by atomic mass is 16.5. The summed E-state index contributed by atoms with van der Waals surface area (Å²) in [5.74, 6) is 0.870. The average Bonchev–Trinajstić information content (AvgIpc) is 2.49. The van der Waals surface area contributed by atoms with Gasteiger partial charge in [0.25, 0.3) is 0 Å². The number of ketones is 1. The molecule has 0 unspecified atom stereocenters. The largest absolute Gasteiger partial charge is 0.508 e. The summed E-state index contributed by atoms with van der Waals surface area (Å²) >= 11 is 0. The Bertz CT molecular complexity index is 707. The number of nitrogens with zero attached hydrogens (tertiary/aromatic N) is 1. The van der Waals surface area contributed by atoms with Crippen LogP contribution in [0.5, 0.6) is 11.5 Å². The van der Waals surface area contributed by atoms with Crippen molar-refractivity contribution in [3.63, 3.8) is 0 Å².